The summed E-state index contributed by atoms with van der Waals surface area (Å²) in [6.45, 7) is 0.555. The van der Waals surface area contributed by atoms with Gasteiger partial charge in [0, 0.05) is 12.1 Å². The van der Waals surface area contributed by atoms with Crippen molar-refractivity contribution in [2.45, 2.75) is 17.7 Å². The molecule has 3 nitrogen and oxygen atoms in total. The van der Waals surface area contributed by atoms with Crippen LogP contribution < -0.4 is 4.74 Å². The lowest BCUT2D eigenvalue weighted by molar-refractivity contribution is 0.309. The highest BCUT2D eigenvalue weighted by Crippen LogP contribution is 2.17. The molecule has 5 heteroatoms. The maximum Gasteiger partial charge on any atom is 0.175 e. The average Bonchev–Trinajstić information content (AvgIpc) is 2.24. The Bertz CT molecular complexity index is 429. The molecule has 0 N–H and O–H groups in total. The van der Waals surface area contributed by atoms with E-state index in [1.807, 2.05) is 0 Å². The Morgan fingerprint density at radius 1 is 1.31 bits per heavy atom. The lowest BCUT2D eigenvalue weighted by Gasteiger charge is -2.06. The highest BCUT2D eigenvalue weighted by Gasteiger charge is 2.07. The van der Waals surface area contributed by atoms with E-state index in [4.69, 9.17) is 16.3 Å². The molecule has 0 unspecified atom stereocenters. The first kappa shape index (κ1) is 13.3. The molecule has 0 aliphatic carbocycles. The van der Waals surface area contributed by atoms with Crippen LogP contribution in [0.15, 0.2) is 29.2 Å². The fourth-order valence-corrected chi connectivity index (χ4v) is 2.03. The van der Waals surface area contributed by atoms with Gasteiger partial charge in [-0.25, -0.2) is 8.42 Å². The molecule has 1 aromatic carbocycles. The zero-order valence-corrected chi connectivity index (χ0v) is 10.7. The van der Waals surface area contributed by atoms with Gasteiger partial charge in [0.15, 0.2) is 9.84 Å². The summed E-state index contributed by atoms with van der Waals surface area (Å²) in [6.07, 6.45) is 2.94. The van der Waals surface area contributed by atoms with Crippen molar-refractivity contribution in [3.8, 4) is 5.75 Å². The molecule has 90 valence electrons. The molecule has 0 aliphatic rings. The van der Waals surface area contributed by atoms with Gasteiger partial charge in [0.05, 0.1) is 11.5 Å². The monoisotopic (exact) mass is 262 g/mol. The zero-order chi connectivity index (χ0) is 12.0. The van der Waals surface area contributed by atoms with Gasteiger partial charge in [-0.05, 0) is 31.0 Å². The summed E-state index contributed by atoms with van der Waals surface area (Å²) in [5.41, 5.74) is 0. The van der Waals surface area contributed by atoms with Crippen molar-refractivity contribution >= 4 is 21.4 Å². The summed E-state index contributed by atoms with van der Waals surface area (Å²) < 4.78 is 28.0. The van der Waals surface area contributed by atoms with Crippen molar-refractivity contribution in [1.29, 1.82) is 0 Å². The maximum atomic E-state index is 11.3. The van der Waals surface area contributed by atoms with E-state index in [2.05, 4.69) is 0 Å². The molecule has 0 bridgehead atoms. The van der Waals surface area contributed by atoms with E-state index in [1.54, 1.807) is 18.2 Å². The summed E-state index contributed by atoms with van der Waals surface area (Å²) in [5, 5.41) is 0. The number of unbranched alkanes of at least 4 members (excludes halogenated alkanes) is 1. The maximum absolute atomic E-state index is 11.3. The first-order valence-corrected chi connectivity index (χ1v) is 7.45. The van der Waals surface area contributed by atoms with Crippen LogP contribution in [-0.4, -0.2) is 27.2 Å². The zero-order valence-electron chi connectivity index (χ0n) is 9.15. The molecule has 16 heavy (non-hydrogen) atoms. The quantitative estimate of drug-likeness (QED) is 0.584. The van der Waals surface area contributed by atoms with Gasteiger partial charge < -0.3 is 4.74 Å². The van der Waals surface area contributed by atoms with Gasteiger partial charge in [-0.15, -0.1) is 11.6 Å². The number of alkyl halides is 1. The molecule has 1 aromatic rings. The first-order valence-electron chi connectivity index (χ1n) is 5.03. The summed E-state index contributed by atoms with van der Waals surface area (Å²) in [6, 6.07) is 6.51. The lowest BCUT2D eigenvalue weighted by Crippen LogP contribution is -2.00. The third-order valence-corrected chi connectivity index (χ3v) is 3.41. The predicted octanol–water partition coefficient (Wildman–Crippen LogP) is 2.49. The minimum absolute atomic E-state index is 0.280. The highest BCUT2D eigenvalue weighted by molar-refractivity contribution is 7.90. The van der Waals surface area contributed by atoms with Gasteiger partial charge in [0.1, 0.15) is 5.75 Å². The van der Waals surface area contributed by atoms with Crippen LogP contribution in [0.5, 0.6) is 5.75 Å². The molecule has 0 radical (unpaired) electrons. The molecule has 0 fully saturated rings. The normalized spacial score (nSPS) is 11.4. The Morgan fingerprint density at radius 2 is 2.06 bits per heavy atom. The molecule has 0 spiro atoms. The Labute approximate surface area is 101 Å². The fraction of sp³-hybridized carbons (Fsp3) is 0.455. The second-order valence-electron chi connectivity index (χ2n) is 3.49. The smallest absolute Gasteiger partial charge is 0.175 e. The molecule has 0 saturated heterocycles. The number of halogens is 1. The number of hydrogen-bond donors (Lipinski definition) is 0. The molecule has 0 amide bonds. The molecule has 0 saturated carbocycles. The van der Waals surface area contributed by atoms with E-state index in [9.17, 15) is 8.42 Å². The molecule has 0 aromatic heterocycles. The van der Waals surface area contributed by atoms with Crippen LogP contribution >= 0.6 is 11.6 Å². The topological polar surface area (TPSA) is 43.4 Å². The van der Waals surface area contributed by atoms with E-state index in [0.29, 0.717) is 18.2 Å². The number of benzene rings is 1. The van der Waals surface area contributed by atoms with Crippen LogP contribution in [0.1, 0.15) is 12.8 Å². The van der Waals surface area contributed by atoms with Crippen molar-refractivity contribution in [1.82, 2.24) is 0 Å². The van der Waals surface area contributed by atoms with Gasteiger partial charge in [0.25, 0.3) is 0 Å². The van der Waals surface area contributed by atoms with Crippen molar-refractivity contribution < 1.29 is 13.2 Å². The number of sulfone groups is 1. The lowest BCUT2D eigenvalue weighted by atomic mass is 10.3. The van der Waals surface area contributed by atoms with Crippen molar-refractivity contribution in [3.05, 3.63) is 24.3 Å². The fourth-order valence-electron chi connectivity index (χ4n) is 1.18. The third-order valence-electron chi connectivity index (χ3n) is 2.03. The van der Waals surface area contributed by atoms with Crippen molar-refractivity contribution in [2.75, 3.05) is 18.7 Å². The molecule has 0 aliphatic heterocycles. The van der Waals surface area contributed by atoms with Crippen LogP contribution in [0.3, 0.4) is 0 Å². The van der Waals surface area contributed by atoms with Crippen LogP contribution in [0, 0.1) is 0 Å². The van der Waals surface area contributed by atoms with Crippen LogP contribution in [-0.2, 0) is 9.84 Å². The van der Waals surface area contributed by atoms with Gasteiger partial charge in [-0.1, -0.05) is 6.07 Å². The van der Waals surface area contributed by atoms with E-state index in [1.165, 1.54) is 12.3 Å². The third kappa shape index (κ3) is 4.41. The number of ether oxygens (including phenoxy) is 1. The van der Waals surface area contributed by atoms with E-state index < -0.39 is 9.84 Å². The predicted molar refractivity (Wildman–Crippen MR) is 65.0 cm³/mol. The van der Waals surface area contributed by atoms with Crippen LogP contribution in [0.25, 0.3) is 0 Å². The highest BCUT2D eigenvalue weighted by atomic mass is 35.5. The van der Waals surface area contributed by atoms with Crippen molar-refractivity contribution in [2.24, 2.45) is 0 Å². The van der Waals surface area contributed by atoms with Gasteiger partial charge >= 0.3 is 0 Å². The molecular formula is C11H15ClO3S. The standard InChI is InChI=1S/C11H15ClO3S/c1-16(13,14)11-6-4-5-10(9-11)15-8-3-2-7-12/h4-6,9H,2-3,7-8H2,1H3. The minimum Gasteiger partial charge on any atom is -0.494 e. The van der Waals surface area contributed by atoms with Gasteiger partial charge in [-0.3, -0.25) is 0 Å². The van der Waals surface area contributed by atoms with Crippen molar-refractivity contribution in [3.63, 3.8) is 0 Å². The Hall–Kier alpha value is -0.740. The van der Waals surface area contributed by atoms with Crippen LogP contribution in [0.4, 0.5) is 0 Å². The van der Waals surface area contributed by atoms with E-state index in [-0.39, 0.29) is 4.90 Å². The number of rotatable bonds is 6. The molecular weight excluding hydrogens is 248 g/mol. The Kier molecular flexibility index (Phi) is 5.09. The molecule has 0 heterocycles. The minimum atomic E-state index is -3.16. The summed E-state index contributed by atoms with van der Waals surface area (Å²) >= 11 is 5.53. The first-order chi connectivity index (χ1) is 7.54. The SMILES string of the molecule is CS(=O)(=O)c1cccc(OCCCCCl)c1. The molecule has 0 atom stereocenters. The average molecular weight is 263 g/mol. The van der Waals surface area contributed by atoms with Crippen LogP contribution in [0.2, 0.25) is 0 Å². The van der Waals surface area contributed by atoms with Gasteiger partial charge in [-0.2, -0.15) is 0 Å². The number of hydrogen-bond acceptors (Lipinski definition) is 3. The summed E-state index contributed by atoms with van der Waals surface area (Å²) in [4.78, 5) is 0.280. The molecule has 1 rings (SSSR count). The van der Waals surface area contributed by atoms with Gasteiger partial charge in [0.2, 0.25) is 0 Å². The Balaban J connectivity index is 2.62. The Morgan fingerprint density at radius 3 is 2.69 bits per heavy atom. The largest absolute Gasteiger partial charge is 0.494 e. The summed E-state index contributed by atoms with van der Waals surface area (Å²) in [7, 11) is -3.16. The second-order valence-corrected chi connectivity index (χ2v) is 5.89. The second kappa shape index (κ2) is 6.11. The summed E-state index contributed by atoms with van der Waals surface area (Å²) in [5.74, 6) is 1.20. The van der Waals surface area contributed by atoms with E-state index in [0.717, 1.165) is 12.8 Å². The van der Waals surface area contributed by atoms with E-state index >= 15 is 0 Å².